The summed E-state index contributed by atoms with van der Waals surface area (Å²) < 4.78 is 5.01. The van der Waals surface area contributed by atoms with E-state index in [1.807, 2.05) is 47.7 Å². The van der Waals surface area contributed by atoms with Crippen LogP contribution in [0.4, 0.5) is 0 Å². The number of para-hydroxylation sites is 1. The Morgan fingerprint density at radius 3 is 1.48 bits per heavy atom. The zero-order chi connectivity index (χ0) is 37.0. The minimum Gasteiger partial charge on any atom is -0.309 e. The third-order valence-corrected chi connectivity index (χ3v) is 11.8. The Kier molecular flexibility index (Phi) is 7.64. The van der Waals surface area contributed by atoms with Crippen molar-refractivity contribution in [3.63, 3.8) is 0 Å². The van der Waals surface area contributed by atoms with Crippen molar-refractivity contribution in [1.29, 1.82) is 0 Å². The van der Waals surface area contributed by atoms with Crippen LogP contribution in [-0.2, 0) is 0 Å². The van der Waals surface area contributed by atoms with Gasteiger partial charge in [-0.05, 0) is 64.7 Å². The van der Waals surface area contributed by atoms with Crippen molar-refractivity contribution in [2.75, 3.05) is 0 Å². The summed E-state index contributed by atoms with van der Waals surface area (Å²) in [6, 6.07) is 68.6. The van der Waals surface area contributed by atoms with Crippen LogP contribution >= 0.6 is 11.3 Å². The van der Waals surface area contributed by atoms with Crippen LogP contribution in [0.3, 0.4) is 0 Å². The summed E-state index contributed by atoms with van der Waals surface area (Å²) in [7, 11) is 0. The highest BCUT2D eigenvalue weighted by molar-refractivity contribution is 7.26. The molecule has 0 aliphatic carbocycles. The first kappa shape index (κ1) is 32.2. The minimum absolute atomic E-state index is 0.619. The Morgan fingerprint density at radius 2 is 0.821 bits per heavy atom. The zero-order valence-electron chi connectivity index (χ0n) is 30.2. The molecule has 0 fully saturated rings. The van der Waals surface area contributed by atoms with E-state index in [0.29, 0.717) is 17.5 Å². The molecule has 11 aromatic rings. The maximum absolute atomic E-state index is 5.17. The molecule has 4 nitrogen and oxygen atoms in total. The van der Waals surface area contributed by atoms with E-state index in [-0.39, 0.29) is 0 Å². The first-order chi connectivity index (χ1) is 27.7. The average molecular weight is 733 g/mol. The van der Waals surface area contributed by atoms with Gasteiger partial charge in [-0.1, -0.05) is 152 Å². The van der Waals surface area contributed by atoms with Crippen LogP contribution in [0.15, 0.2) is 194 Å². The zero-order valence-corrected chi connectivity index (χ0v) is 31.0. The number of benzene rings is 8. The number of nitrogens with zero attached hydrogens (tertiary/aromatic N) is 4. The molecule has 0 aliphatic rings. The molecule has 0 saturated carbocycles. The van der Waals surface area contributed by atoms with Gasteiger partial charge < -0.3 is 4.57 Å². The Morgan fingerprint density at radius 1 is 0.321 bits per heavy atom. The Hall–Kier alpha value is -7.21. The lowest BCUT2D eigenvalue weighted by molar-refractivity contribution is 1.07. The predicted octanol–water partition coefficient (Wildman–Crippen LogP) is 13.7. The molecule has 0 bridgehead atoms. The van der Waals surface area contributed by atoms with Crippen molar-refractivity contribution in [2.45, 2.75) is 0 Å². The molecule has 3 aromatic heterocycles. The number of fused-ring (bicyclic) bond motifs is 7. The number of hydrogen-bond donors (Lipinski definition) is 0. The number of hydrogen-bond acceptors (Lipinski definition) is 4. The van der Waals surface area contributed by atoms with Gasteiger partial charge in [-0.25, -0.2) is 15.0 Å². The molecule has 8 aromatic carbocycles. The second-order valence-corrected chi connectivity index (χ2v) is 15.1. The smallest absolute Gasteiger partial charge is 0.164 e. The highest BCUT2D eigenvalue weighted by Gasteiger charge is 2.20. The van der Waals surface area contributed by atoms with Crippen LogP contribution < -0.4 is 0 Å². The van der Waals surface area contributed by atoms with Crippen LogP contribution in [0.1, 0.15) is 0 Å². The SMILES string of the molecule is c1ccc(-c2ccc(-c3cc(-c4nc(-c5ccccc5)nc(-c5ccccc5)n4)cc(-n4c5ccccc5c5c6c(ccc54)sc4ccccc46)c3)cc2)cc1. The molecule has 0 atom stereocenters. The monoisotopic (exact) mass is 732 g/mol. The molecule has 5 heteroatoms. The van der Waals surface area contributed by atoms with Crippen molar-refractivity contribution in [2.24, 2.45) is 0 Å². The molecule has 0 amide bonds. The molecule has 0 unspecified atom stereocenters. The van der Waals surface area contributed by atoms with Crippen LogP contribution in [0.25, 0.3) is 104 Å². The third-order valence-electron chi connectivity index (χ3n) is 10.6. The summed E-state index contributed by atoms with van der Waals surface area (Å²) in [6.07, 6.45) is 0. The van der Waals surface area contributed by atoms with Crippen molar-refractivity contribution in [3.05, 3.63) is 194 Å². The van der Waals surface area contributed by atoms with E-state index in [0.717, 1.165) is 44.5 Å². The summed E-state index contributed by atoms with van der Waals surface area (Å²) in [5.41, 5.74) is 10.7. The largest absolute Gasteiger partial charge is 0.309 e. The van der Waals surface area contributed by atoms with Gasteiger partial charge in [0, 0.05) is 53.3 Å². The van der Waals surface area contributed by atoms with E-state index in [4.69, 9.17) is 15.0 Å². The van der Waals surface area contributed by atoms with Gasteiger partial charge in [-0.15, -0.1) is 11.3 Å². The van der Waals surface area contributed by atoms with E-state index in [1.165, 1.54) is 42.1 Å². The van der Waals surface area contributed by atoms with E-state index >= 15 is 0 Å². The third kappa shape index (κ3) is 5.48. The molecule has 0 radical (unpaired) electrons. The highest BCUT2D eigenvalue weighted by Crippen LogP contribution is 2.44. The first-order valence-electron chi connectivity index (χ1n) is 18.8. The van der Waals surface area contributed by atoms with Crippen molar-refractivity contribution >= 4 is 53.3 Å². The van der Waals surface area contributed by atoms with E-state index in [9.17, 15) is 0 Å². The molecule has 3 heterocycles. The second kappa shape index (κ2) is 13.3. The maximum atomic E-state index is 5.17. The fourth-order valence-electron chi connectivity index (χ4n) is 8.01. The van der Waals surface area contributed by atoms with Crippen LogP contribution in [0.2, 0.25) is 0 Å². The van der Waals surface area contributed by atoms with Crippen LogP contribution in [0.5, 0.6) is 0 Å². The molecule has 0 aliphatic heterocycles. The molecule has 0 spiro atoms. The van der Waals surface area contributed by atoms with E-state index in [2.05, 4.69) is 162 Å². The quantitative estimate of drug-likeness (QED) is 0.171. The average Bonchev–Trinajstić information content (AvgIpc) is 3.83. The summed E-state index contributed by atoms with van der Waals surface area (Å²) >= 11 is 1.86. The molecule has 0 saturated heterocycles. The molecule has 0 N–H and O–H groups in total. The van der Waals surface area contributed by atoms with Crippen molar-refractivity contribution in [1.82, 2.24) is 19.5 Å². The van der Waals surface area contributed by atoms with E-state index < -0.39 is 0 Å². The molecule has 56 heavy (non-hydrogen) atoms. The number of thiophene rings is 1. The van der Waals surface area contributed by atoms with Crippen molar-refractivity contribution < 1.29 is 0 Å². The lowest BCUT2D eigenvalue weighted by Gasteiger charge is -2.15. The summed E-state index contributed by atoms with van der Waals surface area (Å²) in [4.78, 5) is 15.3. The Bertz CT molecular complexity index is 3160. The molecular weight excluding hydrogens is 701 g/mol. The topological polar surface area (TPSA) is 43.6 Å². The van der Waals surface area contributed by atoms with Crippen LogP contribution in [-0.4, -0.2) is 19.5 Å². The Labute approximate surface area is 327 Å². The lowest BCUT2D eigenvalue weighted by Crippen LogP contribution is -2.01. The summed E-state index contributed by atoms with van der Waals surface area (Å²) in [5.74, 6) is 1.89. The summed E-state index contributed by atoms with van der Waals surface area (Å²) in [6.45, 7) is 0. The fourth-order valence-corrected chi connectivity index (χ4v) is 9.13. The second-order valence-electron chi connectivity index (χ2n) is 14.0. The van der Waals surface area contributed by atoms with Gasteiger partial charge in [0.15, 0.2) is 17.5 Å². The maximum Gasteiger partial charge on any atom is 0.164 e. The fraction of sp³-hybridized carbons (Fsp3) is 0. The predicted molar refractivity (Wildman–Crippen MR) is 234 cm³/mol. The summed E-state index contributed by atoms with van der Waals surface area (Å²) in [5, 5.41) is 5.10. The van der Waals surface area contributed by atoms with Gasteiger partial charge in [0.05, 0.1) is 11.0 Å². The van der Waals surface area contributed by atoms with Gasteiger partial charge in [0.1, 0.15) is 0 Å². The van der Waals surface area contributed by atoms with Gasteiger partial charge >= 0.3 is 0 Å². The lowest BCUT2D eigenvalue weighted by atomic mass is 9.98. The first-order valence-corrected chi connectivity index (χ1v) is 19.6. The number of rotatable bonds is 6. The molecule has 11 rings (SSSR count). The normalized spacial score (nSPS) is 11.6. The molecular formula is C51H32N4S. The number of aromatic nitrogens is 4. The van der Waals surface area contributed by atoms with E-state index in [1.54, 1.807) is 0 Å². The minimum atomic E-state index is 0.619. The standard InChI is InChI=1S/C51H32N4S/c1-4-14-33(15-5-1)34-24-26-35(27-25-34)38-30-39(51-53-49(36-16-6-2-7-17-36)52-50(54-51)37-18-8-3-9-19-37)32-40(31-38)55-43-22-12-10-20-41(43)47-44(55)28-29-46-48(47)42-21-11-13-23-45(42)56-46/h1-32H. The Balaban J connectivity index is 1.19. The van der Waals surface area contributed by atoms with Gasteiger partial charge in [-0.3, -0.25) is 0 Å². The van der Waals surface area contributed by atoms with Gasteiger partial charge in [0.2, 0.25) is 0 Å². The highest BCUT2D eigenvalue weighted by atomic mass is 32.1. The van der Waals surface area contributed by atoms with Crippen LogP contribution in [0, 0.1) is 0 Å². The molecule has 262 valence electrons. The van der Waals surface area contributed by atoms with Gasteiger partial charge in [-0.2, -0.15) is 0 Å². The van der Waals surface area contributed by atoms with Crippen molar-refractivity contribution in [3.8, 4) is 62.1 Å². The van der Waals surface area contributed by atoms with Gasteiger partial charge in [0.25, 0.3) is 0 Å².